The van der Waals surface area contributed by atoms with Crippen LogP contribution in [0, 0.1) is 0 Å². The lowest BCUT2D eigenvalue weighted by atomic mass is 10.3. The molecular formula is C9H11NO2S. The molecule has 13 heavy (non-hydrogen) atoms. The Bertz CT molecular complexity index is 293. The number of thiophene rings is 1. The Kier molecular flexibility index (Phi) is 3.67. The lowest BCUT2D eigenvalue weighted by molar-refractivity contribution is -0.162. The number of amides is 1. The van der Waals surface area contributed by atoms with Gasteiger partial charge in [0, 0.05) is 13.1 Å². The second-order valence-corrected chi connectivity index (χ2v) is 3.19. The van der Waals surface area contributed by atoms with Gasteiger partial charge in [-0.05, 0) is 28.5 Å². The van der Waals surface area contributed by atoms with E-state index in [1.165, 1.54) is 18.2 Å². The first-order valence-electron chi connectivity index (χ1n) is 3.76. The highest BCUT2D eigenvalue weighted by molar-refractivity contribution is 7.08. The molecule has 0 spiro atoms. The van der Waals surface area contributed by atoms with Crippen molar-refractivity contribution in [3.63, 3.8) is 0 Å². The first-order chi connectivity index (χ1) is 6.24. The summed E-state index contributed by atoms with van der Waals surface area (Å²) in [5.41, 5.74) is 1.03. The van der Waals surface area contributed by atoms with Gasteiger partial charge < -0.3 is 0 Å². The minimum atomic E-state index is -0.172. The zero-order valence-corrected chi connectivity index (χ0v) is 8.38. The third-order valence-corrected chi connectivity index (χ3v) is 2.25. The number of hydroxylamine groups is 2. The van der Waals surface area contributed by atoms with Gasteiger partial charge >= 0.3 is 0 Å². The van der Waals surface area contributed by atoms with E-state index in [2.05, 4.69) is 0 Å². The fraction of sp³-hybridized carbons (Fsp3) is 0.222. The maximum atomic E-state index is 11.2. The summed E-state index contributed by atoms with van der Waals surface area (Å²) < 4.78 is 0. The number of likely N-dealkylation sites (N-methyl/N-ethyl adjacent to an activating group) is 1. The summed E-state index contributed by atoms with van der Waals surface area (Å²) in [6.45, 7) is 0. The van der Waals surface area contributed by atoms with Crippen molar-refractivity contribution in [2.24, 2.45) is 0 Å². The predicted octanol–water partition coefficient (Wildman–Crippen LogP) is 1.78. The highest BCUT2D eigenvalue weighted by Crippen LogP contribution is 2.07. The minimum absolute atomic E-state index is 0.172. The third-order valence-electron chi connectivity index (χ3n) is 1.55. The zero-order chi connectivity index (χ0) is 9.68. The van der Waals surface area contributed by atoms with Gasteiger partial charge in [-0.15, -0.1) is 0 Å². The molecular weight excluding hydrogens is 186 g/mol. The predicted molar refractivity (Wildman–Crippen MR) is 53.1 cm³/mol. The Labute approximate surface area is 81.2 Å². The van der Waals surface area contributed by atoms with E-state index in [9.17, 15) is 4.79 Å². The van der Waals surface area contributed by atoms with Crippen molar-refractivity contribution in [1.82, 2.24) is 5.06 Å². The van der Waals surface area contributed by atoms with Gasteiger partial charge in [0.2, 0.25) is 0 Å². The molecule has 0 N–H and O–H groups in total. The van der Waals surface area contributed by atoms with Crippen LogP contribution in [0.1, 0.15) is 5.56 Å². The van der Waals surface area contributed by atoms with Crippen LogP contribution in [-0.4, -0.2) is 25.1 Å². The molecule has 0 aliphatic rings. The van der Waals surface area contributed by atoms with Crippen LogP contribution in [0.3, 0.4) is 0 Å². The first-order valence-corrected chi connectivity index (χ1v) is 4.70. The van der Waals surface area contributed by atoms with E-state index in [-0.39, 0.29) is 5.91 Å². The van der Waals surface area contributed by atoms with Crippen LogP contribution < -0.4 is 0 Å². The number of carbonyl (C=O) groups excluding carboxylic acids is 1. The van der Waals surface area contributed by atoms with Crippen LogP contribution in [0.15, 0.2) is 22.9 Å². The van der Waals surface area contributed by atoms with Crippen molar-refractivity contribution in [3.05, 3.63) is 28.5 Å². The summed E-state index contributed by atoms with van der Waals surface area (Å²) >= 11 is 1.60. The van der Waals surface area contributed by atoms with Crippen LogP contribution in [0.25, 0.3) is 6.08 Å². The summed E-state index contributed by atoms with van der Waals surface area (Å²) in [4.78, 5) is 15.9. The highest BCUT2D eigenvalue weighted by atomic mass is 32.1. The number of hydrogen-bond donors (Lipinski definition) is 0. The van der Waals surface area contributed by atoms with Crippen molar-refractivity contribution in [1.29, 1.82) is 0 Å². The Morgan fingerprint density at radius 2 is 2.46 bits per heavy atom. The SMILES string of the molecule is CON(C)C(=O)/C=C/c1ccsc1. The molecule has 1 aromatic heterocycles. The van der Waals surface area contributed by atoms with E-state index < -0.39 is 0 Å². The molecule has 1 heterocycles. The maximum absolute atomic E-state index is 11.2. The number of rotatable bonds is 3. The molecule has 1 rings (SSSR count). The normalized spacial score (nSPS) is 10.6. The number of carbonyl (C=O) groups is 1. The molecule has 70 valence electrons. The van der Waals surface area contributed by atoms with Gasteiger partial charge in [0.05, 0.1) is 7.11 Å². The van der Waals surface area contributed by atoms with Gasteiger partial charge in [0.25, 0.3) is 5.91 Å². The molecule has 0 unspecified atom stereocenters. The second kappa shape index (κ2) is 4.79. The van der Waals surface area contributed by atoms with E-state index in [1.807, 2.05) is 16.8 Å². The molecule has 1 aromatic rings. The second-order valence-electron chi connectivity index (χ2n) is 2.41. The lowest BCUT2D eigenvalue weighted by Gasteiger charge is -2.09. The first kappa shape index (κ1) is 9.95. The molecule has 0 aliphatic heterocycles. The average molecular weight is 197 g/mol. The Morgan fingerprint density at radius 3 is 3.00 bits per heavy atom. The summed E-state index contributed by atoms with van der Waals surface area (Å²) in [5, 5.41) is 5.10. The monoisotopic (exact) mass is 197 g/mol. The molecule has 0 radical (unpaired) electrons. The molecule has 0 saturated heterocycles. The van der Waals surface area contributed by atoms with Gasteiger partial charge in [-0.1, -0.05) is 0 Å². The number of nitrogens with zero attached hydrogens (tertiary/aromatic N) is 1. The summed E-state index contributed by atoms with van der Waals surface area (Å²) in [5.74, 6) is -0.172. The fourth-order valence-corrected chi connectivity index (χ4v) is 1.36. The summed E-state index contributed by atoms with van der Waals surface area (Å²) in [6, 6.07) is 1.95. The van der Waals surface area contributed by atoms with Crippen LogP contribution in [-0.2, 0) is 9.63 Å². The van der Waals surface area contributed by atoms with Crippen molar-refractivity contribution >= 4 is 23.3 Å². The molecule has 1 amide bonds. The Hall–Kier alpha value is -1.13. The van der Waals surface area contributed by atoms with Gasteiger partial charge in [0.1, 0.15) is 0 Å². The molecule has 4 heteroatoms. The van der Waals surface area contributed by atoms with E-state index in [0.29, 0.717) is 0 Å². The average Bonchev–Trinajstić information content (AvgIpc) is 2.65. The van der Waals surface area contributed by atoms with E-state index in [0.717, 1.165) is 5.56 Å². The van der Waals surface area contributed by atoms with Crippen molar-refractivity contribution in [2.75, 3.05) is 14.2 Å². The molecule has 0 aliphatic carbocycles. The lowest BCUT2D eigenvalue weighted by Crippen LogP contribution is -2.22. The molecule has 3 nitrogen and oxygen atoms in total. The standard InChI is InChI=1S/C9H11NO2S/c1-10(12-2)9(11)4-3-8-5-6-13-7-8/h3-7H,1-2H3/b4-3+. The molecule has 0 saturated carbocycles. The number of hydrogen-bond acceptors (Lipinski definition) is 3. The van der Waals surface area contributed by atoms with Crippen molar-refractivity contribution in [3.8, 4) is 0 Å². The van der Waals surface area contributed by atoms with Crippen LogP contribution >= 0.6 is 11.3 Å². The zero-order valence-electron chi connectivity index (χ0n) is 7.56. The topological polar surface area (TPSA) is 29.5 Å². The van der Waals surface area contributed by atoms with Gasteiger partial charge in [-0.3, -0.25) is 9.63 Å². The minimum Gasteiger partial charge on any atom is -0.274 e. The van der Waals surface area contributed by atoms with Crippen LogP contribution in [0.5, 0.6) is 0 Å². The Balaban J connectivity index is 2.54. The summed E-state index contributed by atoms with van der Waals surface area (Å²) in [7, 11) is 3.02. The van der Waals surface area contributed by atoms with E-state index in [1.54, 1.807) is 24.5 Å². The fourth-order valence-electron chi connectivity index (χ4n) is 0.732. The van der Waals surface area contributed by atoms with Gasteiger partial charge in [-0.25, -0.2) is 5.06 Å². The summed E-state index contributed by atoms with van der Waals surface area (Å²) in [6.07, 6.45) is 3.24. The highest BCUT2D eigenvalue weighted by Gasteiger charge is 2.01. The van der Waals surface area contributed by atoms with Gasteiger partial charge in [0.15, 0.2) is 0 Å². The van der Waals surface area contributed by atoms with E-state index in [4.69, 9.17) is 4.84 Å². The quantitative estimate of drug-likeness (QED) is 0.546. The van der Waals surface area contributed by atoms with Gasteiger partial charge in [-0.2, -0.15) is 11.3 Å². The molecule has 0 fully saturated rings. The molecule has 0 bridgehead atoms. The van der Waals surface area contributed by atoms with Crippen molar-refractivity contribution < 1.29 is 9.63 Å². The molecule has 0 aromatic carbocycles. The largest absolute Gasteiger partial charge is 0.274 e. The third kappa shape index (κ3) is 3.01. The Morgan fingerprint density at radius 1 is 1.69 bits per heavy atom. The van der Waals surface area contributed by atoms with E-state index >= 15 is 0 Å². The molecule has 0 atom stereocenters. The maximum Gasteiger partial charge on any atom is 0.269 e. The van der Waals surface area contributed by atoms with Crippen LogP contribution in [0.4, 0.5) is 0 Å². The van der Waals surface area contributed by atoms with Crippen LogP contribution in [0.2, 0.25) is 0 Å². The van der Waals surface area contributed by atoms with Crippen molar-refractivity contribution in [2.45, 2.75) is 0 Å². The smallest absolute Gasteiger partial charge is 0.269 e.